The highest BCUT2D eigenvalue weighted by Crippen LogP contribution is 2.27. The zero-order chi connectivity index (χ0) is 28.7. The molecule has 0 aliphatic carbocycles. The number of hydrogen-bond acceptors (Lipinski definition) is 4. The molecule has 1 N–H and O–H groups in total. The third-order valence-electron chi connectivity index (χ3n) is 6.06. The topological polar surface area (TPSA) is 86.8 Å². The van der Waals surface area contributed by atoms with E-state index in [1.165, 1.54) is 11.0 Å². The van der Waals surface area contributed by atoms with E-state index in [2.05, 4.69) is 5.32 Å². The largest absolute Gasteiger partial charge is 0.352 e. The minimum absolute atomic E-state index is 0.0501. The molecular formula is C29H33Cl2N3O4S. The molecule has 0 saturated carbocycles. The van der Waals surface area contributed by atoms with E-state index < -0.39 is 28.5 Å². The van der Waals surface area contributed by atoms with Crippen LogP contribution in [0.3, 0.4) is 0 Å². The summed E-state index contributed by atoms with van der Waals surface area (Å²) >= 11 is 12.4. The summed E-state index contributed by atoms with van der Waals surface area (Å²) in [6, 6.07) is 20.2. The van der Waals surface area contributed by atoms with Crippen LogP contribution >= 0.6 is 23.2 Å². The monoisotopic (exact) mass is 589 g/mol. The third kappa shape index (κ3) is 8.71. The molecule has 3 aromatic rings. The Labute approximate surface area is 240 Å². The second-order valence-electron chi connectivity index (χ2n) is 9.72. The molecule has 0 bridgehead atoms. The Bertz CT molecular complexity index is 1420. The highest BCUT2D eigenvalue weighted by atomic mass is 35.5. The molecule has 0 unspecified atom stereocenters. The lowest BCUT2D eigenvalue weighted by Gasteiger charge is -2.34. The number of hydrogen-bond donors (Lipinski definition) is 1. The van der Waals surface area contributed by atoms with Crippen LogP contribution in [0.15, 0.2) is 72.8 Å². The first-order chi connectivity index (χ1) is 18.3. The van der Waals surface area contributed by atoms with Crippen molar-refractivity contribution < 1.29 is 18.0 Å². The van der Waals surface area contributed by atoms with Crippen LogP contribution in [0.2, 0.25) is 10.0 Å². The Hall–Kier alpha value is -3.07. The Morgan fingerprint density at radius 2 is 1.54 bits per heavy atom. The van der Waals surface area contributed by atoms with Crippen LogP contribution in [-0.4, -0.2) is 50.0 Å². The van der Waals surface area contributed by atoms with E-state index in [-0.39, 0.29) is 24.9 Å². The molecule has 0 aromatic heterocycles. The predicted molar refractivity (Wildman–Crippen MR) is 158 cm³/mol. The molecule has 0 aliphatic heterocycles. The van der Waals surface area contributed by atoms with Gasteiger partial charge in [-0.15, -0.1) is 0 Å². The number of amides is 2. The minimum Gasteiger partial charge on any atom is -0.352 e. The fraction of sp³-hybridized carbons (Fsp3) is 0.310. The first-order valence-corrected chi connectivity index (χ1v) is 15.1. The molecule has 0 fully saturated rings. The second-order valence-corrected chi connectivity index (χ2v) is 12.5. The van der Waals surface area contributed by atoms with Crippen molar-refractivity contribution in [3.8, 4) is 0 Å². The van der Waals surface area contributed by atoms with E-state index in [4.69, 9.17) is 23.2 Å². The van der Waals surface area contributed by atoms with Gasteiger partial charge in [-0.05, 0) is 61.7 Å². The maximum Gasteiger partial charge on any atom is 0.244 e. The van der Waals surface area contributed by atoms with Gasteiger partial charge in [0.05, 0.1) is 11.9 Å². The number of nitrogens with one attached hydrogen (secondary N) is 1. The lowest BCUT2D eigenvalue weighted by atomic mass is 10.0. The van der Waals surface area contributed by atoms with Crippen molar-refractivity contribution in [1.29, 1.82) is 0 Å². The Morgan fingerprint density at radius 1 is 0.897 bits per heavy atom. The van der Waals surface area contributed by atoms with Gasteiger partial charge in [-0.3, -0.25) is 13.9 Å². The zero-order valence-electron chi connectivity index (χ0n) is 22.4. The molecule has 39 heavy (non-hydrogen) atoms. The molecule has 0 spiro atoms. The number of anilines is 1. The van der Waals surface area contributed by atoms with Crippen molar-refractivity contribution in [1.82, 2.24) is 10.2 Å². The van der Waals surface area contributed by atoms with Gasteiger partial charge in [-0.1, -0.05) is 71.7 Å². The van der Waals surface area contributed by atoms with Crippen LogP contribution in [0.25, 0.3) is 0 Å². The van der Waals surface area contributed by atoms with Gasteiger partial charge in [0.2, 0.25) is 21.8 Å². The smallest absolute Gasteiger partial charge is 0.244 e. The van der Waals surface area contributed by atoms with Gasteiger partial charge in [-0.2, -0.15) is 0 Å². The molecule has 0 aliphatic rings. The van der Waals surface area contributed by atoms with E-state index in [1.54, 1.807) is 37.3 Å². The van der Waals surface area contributed by atoms with Gasteiger partial charge in [-0.25, -0.2) is 8.42 Å². The predicted octanol–water partition coefficient (Wildman–Crippen LogP) is 5.23. The summed E-state index contributed by atoms with van der Waals surface area (Å²) in [6.07, 6.45) is 1.27. The fourth-order valence-electron chi connectivity index (χ4n) is 4.21. The van der Waals surface area contributed by atoms with Crippen molar-refractivity contribution in [2.24, 2.45) is 0 Å². The summed E-state index contributed by atoms with van der Waals surface area (Å²) in [5, 5.41) is 3.74. The van der Waals surface area contributed by atoms with Crippen molar-refractivity contribution in [3.05, 3.63) is 99.5 Å². The molecule has 3 aromatic carbocycles. The maximum atomic E-state index is 14.1. The molecule has 7 nitrogen and oxygen atoms in total. The average molecular weight is 591 g/mol. The van der Waals surface area contributed by atoms with Crippen LogP contribution in [0.4, 0.5) is 5.69 Å². The van der Waals surface area contributed by atoms with Crippen molar-refractivity contribution in [3.63, 3.8) is 0 Å². The molecule has 0 heterocycles. The Kier molecular flexibility index (Phi) is 10.4. The van der Waals surface area contributed by atoms with Crippen molar-refractivity contribution >= 4 is 50.7 Å². The summed E-state index contributed by atoms with van der Waals surface area (Å²) < 4.78 is 26.9. The van der Waals surface area contributed by atoms with E-state index >= 15 is 0 Å². The molecule has 10 heteroatoms. The number of rotatable bonds is 11. The molecule has 2 amide bonds. The summed E-state index contributed by atoms with van der Waals surface area (Å²) in [6.45, 7) is 4.96. The number of sulfonamides is 1. The van der Waals surface area contributed by atoms with Gasteiger partial charge < -0.3 is 10.2 Å². The van der Waals surface area contributed by atoms with Gasteiger partial charge in [0.15, 0.2) is 0 Å². The van der Waals surface area contributed by atoms with E-state index in [9.17, 15) is 18.0 Å². The Morgan fingerprint density at radius 3 is 2.15 bits per heavy atom. The Balaban J connectivity index is 2.08. The van der Waals surface area contributed by atoms with Crippen LogP contribution in [-0.2, 0) is 32.6 Å². The number of nitrogens with zero attached hydrogens (tertiary/aromatic N) is 2. The van der Waals surface area contributed by atoms with Crippen LogP contribution in [0.1, 0.15) is 30.5 Å². The quantitative estimate of drug-likeness (QED) is 0.331. The maximum absolute atomic E-state index is 14.1. The number of aryl methyl sites for hydroxylation is 1. The lowest BCUT2D eigenvalue weighted by Crippen LogP contribution is -2.54. The lowest BCUT2D eigenvalue weighted by molar-refractivity contribution is -0.140. The molecule has 1 atom stereocenters. The van der Waals surface area contributed by atoms with E-state index in [0.717, 1.165) is 16.1 Å². The first-order valence-electron chi connectivity index (χ1n) is 12.5. The van der Waals surface area contributed by atoms with Crippen molar-refractivity contribution in [2.45, 2.75) is 45.8 Å². The second kappa shape index (κ2) is 13.3. The molecular weight excluding hydrogens is 557 g/mol. The molecule has 0 saturated heterocycles. The highest BCUT2D eigenvalue weighted by Gasteiger charge is 2.33. The number of carbonyl (C=O) groups excluding carboxylic acids is 2. The SMILES string of the molecule is Cc1ccc(Cl)cc1N(CC(=O)N(Cc1cccc(Cl)c1)[C@H](Cc1ccccc1)C(=O)NC(C)C)S(C)(=O)=O. The van der Waals surface area contributed by atoms with E-state index in [1.807, 2.05) is 50.2 Å². The third-order valence-corrected chi connectivity index (χ3v) is 7.66. The van der Waals surface area contributed by atoms with Gasteiger partial charge in [0.1, 0.15) is 12.6 Å². The number of benzene rings is 3. The molecule has 3 rings (SSSR count). The number of halogens is 2. The molecule has 208 valence electrons. The molecule has 0 radical (unpaired) electrons. The zero-order valence-corrected chi connectivity index (χ0v) is 24.7. The summed E-state index contributed by atoms with van der Waals surface area (Å²) in [4.78, 5) is 29.0. The van der Waals surface area contributed by atoms with Crippen LogP contribution < -0.4 is 9.62 Å². The summed E-state index contributed by atoms with van der Waals surface area (Å²) in [7, 11) is -3.88. The van der Waals surface area contributed by atoms with Gasteiger partial charge in [0.25, 0.3) is 0 Å². The fourth-order valence-corrected chi connectivity index (χ4v) is 5.49. The average Bonchev–Trinajstić information content (AvgIpc) is 2.85. The normalized spacial score (nSPS) is 12.2. The van der Waals surface area contributed by atoms with Crippen molar-refractivity contribution in [2.75, 3.05) is 17.1 Å². The first kappa shape index (κ1) is 30.5. The van der Waals surface area contributed by atoms with Gasteiger partial charge >= 0.3 is 0 Å². The standard InChI is InChI=1S/C29H33Cl2N3O4S/c1-20(2)32-29(36)27(16-22-9-6-5-7-10-22)33(18-23-11-8-12-24(30)15-23)28(35)19-34(39(4,37)38)26-17-25(31)14-13-21(26)3/h5-15,17,20,27H,16,18-19H2,1-4H3,(H,32,36)/t27-/m1/s1. The van der Waals surface area contributed by atoms with Crippen LogP contribution in [0.5, 0.6) is 0 Å². The van der Waals surface area contributed by atoms with E-state index in [0.29, 0.717) is 26.9 Å². The van der Waals surface area contributed by atoms with Gasteiger partial charge in [0, 0.05) is 29.1 Å². The summed E-state index contributed by atoms with van der Waals surface area (Å²) in [5.74, 6) is -0.881. The minimum atomic E-state index is -3.88. The summed E-state index contributed by atoms with van der Waals surface area (Å²) in [5.41, 5.74) is 2.50. The highest BCUT2D eigenvalue weighted by molar-refractivity contribution is 7.92. The number of carbonyl (C=O) groups is 2. The van der Waals surface area contributed by atoms with Crippen LogP contribution in [0, 0.1) is 6.92 Å².